The molecular weight excluding hydrogens is 380 g/mol. The summed E-state index contributed by atoms with van der Waals surface area (Å²) >= 11 is 4.36. The molecule has 3 heterocycles. The van der Waals surface area contributed by atoms with Crippen LogP contribution in [-0.4, -0.2) is 44.9 Å². The molecule has 0 saturated carbocycles. The van der Waals surface area contributed by atoms with Gasteiger partial charge in [0.05, 0.1) is 17.0 Å². The van der Waals surface area contributed by atoms with Gasteiger partial charge in [0.15, 0.2) is 5.82 Å². The van der Waals surface area contributed by atoms with Crippen molar-refractivity contribution in [1.82, 2.24) is 24.7 Å². The van der Waals surface area contributed by atoms with E-state index in [0.717, 1.165) is 11.5 Å². The fourth-order valence-electron chi connectivity index (χ4n) is 2.51. The van der Waals surface area contributed by atoms with E-state index in [1.807, 2.05) is 25.1 Å². The van der Waals surface area contributed by atoms with E-state index in [4.69, 9.17) is 5.73 Å². The third-order valence-electron chi connectivity index (χ3n) is 3.83. The van der Waals surface area contributed by atoms with E-state index in [9.17, 15) is 10.1 Å². The van der Waals surface area contributed by atoms with E-state index >= 15 is 0 Å². The first-order valence-electron chi connectivity index (χ1n) is 7.95. The lowest BCUT2D eigenvalue weighted by Gasteiger charge is -2.10. The molecule has 0 saturated heterocycles. The predicted molar refractivity (Wildman–Crippen MR) is 104 cm³/mol. The number of amides is 1. The van der Waals surface area contributed by atoms with Crippen LogP contribution in [0.15, 0.2) is 29.6 Å². The molecule has 0 atom stereocenters. The Labute approximate surface area is 166 Å². The van der Waals surface area contributed by atoms with Crippen LogP contribution in [0.3, 0.4) is 0 Å². The third-order valence-corrected chi connectivity index (χ3v) is 4.15. The van der Waals surface area contributed by atoms with Crippen LogP contribution >= 0.6 is 12.6 Å². The zero-order chi connectivity index (χ0) is 20.4. The first-order valence-corrected chi connectivity index (χ1v) is 8.40. The van der Waals surface area contributed by atoms with Gasteiger partial charge in [0.25, 0.3) is 0 Å². The highest BCUT2D eigenvalue weighted by molar-refractivity contribution is 7.80. The van der Waals surface area contributed by atoms with Crippen LogP contribution in [0.2, 0.25) is 0 Å². The fraction of sp³-hybridized carbons (Fsp3) is 0.176. The summed E-state index contributed by atoms with van der Waals surface area (Å²) in [4.78, 5) is 24.8. The number of pyridine rings is 1. The molecule has 0 spiro atoms. The molecule has 0 aliphatic heterocycles. The Hall–Kier alpha value is -3.65. The summed E-state index contributed by atoms with van der Waals surface area (Å²) in [7, 11) is 5.56. The maximum atomic E-state index is 10.8. The van der Waals surface area contributed by atoms with Crippen molar-refractivity contribution in [3.63, 3.8) is 0 Å². The van der Waals surface area contributed by atoms with E-state index in [1.165, 1.54) is 12.4 Å². The Bertz CT molecular complexity index is 1090. The van der Waals surface area contributed by atoms with Crippen LogP contribution in [0.5, 0.6) is 6.01 Å². The lowest BCUT2D eigenvalue weighted by atomic mass is 10.0. The second-order valence-corrected chi connectivity index (χ2v) is 6.37. The number of hydrogen-bond donors (Lipinski definition) is 2. The molecule has 142 valence electrons. The Balaban J connectivity index is 2.11. The van der Waals surface area contributed by atoms with Crippen LogP contribution in [0.4, 0.5) is 10.6 Å². The van der Waals surface area contributed by atoms with Gasteiger partial charge in [-0.05, 0) is 6.07 Å². The fourth-order valence-corrected chi connectivity index (χ4v) is 2.78. The zero-order valence-electron chi connectivity index (χ0n) is 15.3. The molecule has 10 nitrogen and oxygen atoms in total. The van der Waals surface area contributed by atoms with Crippen molar-refractivity contribution in [2.45, 2.75) is 5.03 Å². The number of thiol groups is 1. The molecule has 0 fully saturated rings. The number of ether oxygens (including phenoxy) is 1. The lowest BCUT2D eigenvalue weighted by molar-refractivity contribution is 0.207. The summed E-state index contributed by atoms with van der Waals surface area (Å²) in [5.41, 5.74) is 7.67. The molecular formula is C17H16N8O2S. The molecule has 0 aliphatic rings. The van der Waals surface area contributed by atoms with Crippen LogP contribution in [0.25, 0.3) is 22.5 Å². The van der Waals surface area contributed by atoms with Gasteiger partial charge in [0, 0.05) is 50.7 Å². The van der Waals surface area contributed by atoms with E-state index in [2.05, 4.69) is 43.5 Å². The number of aromatic nitrogens is 5. The van der Waals surface area contributed by atoms with Gasteiger partial charge in [-0.25, -0.2) is 19.7 Å². The van der Waals surface area contributed by atoms with Gasteiger partial charge in [-0.2, -0.15) is 10.4 Å². The second-order valence-electron chi connectivity index (χ2n) is 5.95. The highest BCUT2D eigenvalue weighted by atomic mass is 32.1. The average Bonchev–Trinajstić information content (AvgIpc) is 3.03. The second kappa shape index (κ2) is 7.53. The van der Waals surface area contributed by atoms with E-state index < -0.39 is 6.09 Å². The maximum Gasteiger partial charge on any atom is 0.412 e. The molecule has 2 N–H and O–H groups in total. The Morgan fingerprint density at radius 1 is 1.32 bits per heavy atom. The van der Waals surface area contributed by atoms with Gasteiger partial charge in [-0.3, -0.25) is 4.68 Å². The van der Waals surface area contributed by atoms with Gasteiger partial charge in [0.2, 0.25) is 0 Å². The van der Waals surface area contributed by atoms with Gasteiger partial charge in [0.1, 0.15) is 11.1 Å². The lowest BCUT2D eigenvalue weighted by Crippen LogP contribution is -2.17. The summed E-state index contributed by atoms with van der Waals surface area (Å²) in [6.45, 7) is 0. The molecule has 0 aromatic carbocycles. The highest BCUT2D eigenvalue weighted by Gasteiger charge is 2.18. The SMILES string of the molecule is CN(C)c1cc(-c2cc(-c3cnc(OC(N)=O)nc3)nc(S)c2C#N)n(C)n1. The Morgan fingerprint density at radius 3 is 2.54 bits per heavy atom. The first kappa shape index (κ1) is 19.1. The first-order chi connectivity index (χ1) is 13.3. The van der Waals surface area contributed by atoms with E-state index in [1.54, 1.807) is 17.8 Å². The number of anilines is 1. The summed E-state index contributed by atoms with van der Waals surface area (Å²) < 4.78 is 6.30. The predicted octanol–water partition coefficient (Wildman–Crippen LogP) is 1.62. The number of carbonyl (C=O) groups excluding carboxylic acids is 1. The smallest absolute Gasteiger partial charge is 0.374 e. The standard InChI is InChI=1S/C17H16N8O2S/c1-24(2)14-5-13(25(3)23-14)10-4-12(22-15(28)11(10)6-18)9-7-20-17(21-8-9)27-16(19)26/h4-5,7-8H,1-3H3,(H2,19,26)(H,22,28). The molecule has 1 amide bonds. The minimum absolute atomic E-state index is 0.168. The van der Waals surface area contributed by atoms with Crippen molar-refractivity contribution in [3.05, 3.63) is 30.1 Å². The largest absolute Gasteiger partial charge is 0.412 e. The van der Waals surface area contributed by atoms with E-state index in [-0.39, 0.29) is 11.0 Å². The number of rotatable bonds is 4. The van der Waals surface area contributed by atoms with Crippen molar-refractivity contribution < 1.29 is 9.53 Å². The monoisotopic (exact) mass is 396 g/mol. The maximum absolute atomic E-state index is 10.8. The van der Waals surface area contributed by atoms with Crippen molar-refractivity contribution >= 4 is 24.5 Å². The summed E-state index contributed by atoms with van der Waals surface area (Å²) in [6.07, 6.45) is 1.87. The Morgan fingerprint density at radius 2 is 2.00 bits per heavy atom. The molecule has 3 rings (SSSR count). The topological polar surface area (TPSA) is 136 Å². The van der Waals surface area contributed by atoms with Crippen molar-refractivity contribution in [1.29, 1.82) is 5.26 Å². The van der Waals surface area contributed by atoms with Gasteiger partial charge in [-0.15, -0.1) is 12.6 Å². The minimum Gasteiger partial charge on any atom is -0.374 e. The summed E-state index contributed by atoms with van der Waals surface area (Å²) in [5, 5.41) is 14.3. The molecule has 0 bridgehead atoms. The molecule has 3 aromatic rings. The number of nitrogens with two attached hydrogens (primary N) is 1. The van der Waals surface area contributed by atoms with Crippen molar-refractivity contribution in [2.24, 2.45) is 12.8 Å². The minimum atomic E-state index is -1.00. The Kier molecular flexibility index (Phi) is 5.14. The molecule has 0 radical (unpaired) electrons. The molecule has 11 heteroatoms. The molecule has 28 heavy (non-hydrogen) atoms. The van der Waals surface area contributed by atoms with Crippen LogP contribution in [0, 0.1) is 11.3 Å². The van der Waals surface area contributed by atoms with Gasteiger partial charge >= 0.3 is 12.1 Å². The van der Waals surface area contributed by atoms with Crippen LogP contribution in [0.1, 0.15) is 5.56 Å². The van der Waals surface area contributed by atoms with Crippen molar-refractivity contribution in [3.8, 4) is 34.6 Å². The molecule has 0 unspecified atom stereocenters. The highest BCUT2D eigenvalue weighted by Crippen LogP contribution is 2.32. The van der Waals surface area contributed by atoms with Crippen LogP contribution < -0.4 is 15.4 Å². The molecule has 0 aliphatic carbocycles. The van der Waals surface area contributed by atoms with Gasteiger partial charge in [-0.1, -0.05) is 0 Å². The van der Waals surface area contributed by atoms with Crippen molar-refractivity contribution in [2.75, 3.05) is 19.0 Å². The number of nitrogens with zero attached hydrogens (tertiary/aromatic N) is 7. The third kappa shape index (κ3) is 3.72. The summed E-state index contributed by atoms with van der Waals surface area (Å²) in [5.74, 6) is 0.747. The number of carbonyl (C=O) groups is 1. The molecule has 3 aromatic heterocycles. The number of primary amides is 1. The number of hydrogen-bond acceptors (Lipinski definition) is 9. The summed E-state index contributed by atoms with van der Waals surface area (Å²) in [6, 6.07) is 5.58. The quantitative estimate of drug-likeness (QED) is 0.635. The zero-order valence-corrected chi connectivity index (χ0v) is 16.2. The van der Waals surface area contributed by atoms with E-state index in [0.29, 0.717) is 22.4 Å². The average molecular weight is 396 g/mol. The number of aryl methyl sites for hydroxylation is 1. The van der Waals surface area contributed by atoms with Crippen LogP contribution in [-0.2, 0) is 7.05 Å². The van der Waals surface area contributed by atoms with Gasteiger partial charge < -0.3 is 15.4 Å². The normalized spacial score (nSPS) is 10.4. The number of nitriles is 1.